The summed E-state index contributed by atoms with van der Waals surface area (Å²) in [6, 6.07) is 0. The molecule has 0 unspecified atom stereocenters. The molecule has 0 bridgehead atoms. The van der Waals surface area contributed by atoms with E-state index in [-0.39, 0.29) is 24.0 Å². The smallest absolute Gasteiger partial charge is 0.190 e. The molecule has 5 nitrogen and oxygen atoms in total. The Morgan fingerprint density at radius 1 is 1.24 bits per heavy atom. The summed E-state index contributed by atoms with van der Waals surface area (Å²) in [6.45, 7) is 9.00. The molecule has 1 aliphatic carbocycles. The van der Waals surface area contributed by atoms with Crippen LogP contribution in [0.1, 0.15) is 51.9 Å². The van der Waals surface area contributed by atoms with Crippen molar-refractivity contribution in [1.29, 1.82) is 0 Å². The maximum atomic E-state index is 5.27. The quantitative estimate of drug-likeness (QED) is 0.237. The lowest BCUT2D eigenvalue weighted by molar-refractivity contribution is 0.0732. The molecule has 148 valence electrons. The van der Waals surface area contributed by atoms with Crippen molar-refractivity contribution in [2.45, 2.75) is 51.9 Å². The Labute approximate surface area is 171 Å². The van der Waals surface area contributed by atoms with E-state index in [9.17, 15) is 0 Å². The molecule has 0 aromatic heterocycles. The largest absolute Gasteiger partial charge is 0.385 e. The topological polar surface area (TPSA) is 48.9 Å². The summed E-state index contributed by atoms with van der Waals surface area (Å²) in [5.41, 5.74) is 0.429. The van der Waals surface area contributed by atoms with Gasteiger partial charge in [-0.2, -0.15) is 0 Å². The zero-order valence-corrected chi connectivity index (χ0v) is 18.8. The molecule has 25 heavy (non-hydrogen) atoms. The number of nitrogens with one attached hydrogen (secondary N) is 2. The molecule has 1 saturated carbocycles. The summed E-state index contributed by atoms with van der Waals surface area (Å²) in [6.07, 6.45) is 9.04. The first kappa shape index (κ1) is 23.0. The van der Waals surface area contributed by atoms with Crippen LogP contribution in [0.15, 0.2) is 4.99 Å². The molecule has 2 aliphatic rings. The lowest BCUT2D eigenvalue weighted by Crippen LogP contribution is -2.47. The third-order valence-electron chi connectivity index (χ3n) is 5.92. The van der Waals surface area contributed by atoms with Crippen molar-refractivity contribution in [3.8, 4) is 0 Å². The second-order valence-electron chi connectivity index (χ2n) is 7.83. The van der Waals surface area contributed by atoms with Crippen LogP contribution in [-0.2, 0) is 4.74 Å². The number of piperidine rings is 1. The van der Waals surface area contributed by atoms with Crippen molar-refractivity contribution in [3.05, 3.63) is 0 Å². The van der Waals surface area contributed by atoms with Crippen LogP contribution in [0.25, 0.3) is 0 Å². The van der Waals surface area contributed by atoms with Gasteiger partial charge in [0.2, 0.25) is 0 Å². The molecule has 0 aromatic carbocycles. The van der Waals surface area contributed by atoms with Crippen LogP contribution in [0.4, 0.5) is 0 Å². The second kappa shape index (κ2) is 12.3. The number of aliphatic imine (C=N–C) groups is 1. The molecule has 2 rings (SSSR count). The van der Waals surface area contributed by atoms with Crippen LogP contribution in [0, 0.1) is 11.3 Å². The molecular formula is C19H39IN4O. The number of rotatable bonds is 9. The van der Waals surface area contributed by atoms with Crippen molar-refractivity contribution in [2.75, 3.05) is 53.5 Å². The SMILES string of the molecule is CN=C(NCCCN1CCC(C)CC1)NCC1(CCOC)CCC1.I. The molecule has 6 heteroatoms. The predicted octanol–water partition coefficient (Wildman–Crippen LogP) is 3.10. The Morgan fingerprint density at radius 3 is 2.52 bits per heavy atom. The van der Waals surface area contributed by atoms with Gasteiger partial charge in [-0.1, -0.05) is 13.3 Å². The summed E-state index contributed by atoms with van der Waals surface area (Å²) < 4.78 is 5.27. The fraction of sp³-hybridized carbons (Fsp3) is 0.947. The fourth-order valence-corrected chi connectivity index (χ4v) is 3.80. The molecule has 0 spiro atoms. The van der Waals surface area contributed by atoms with Gasteiger partial charge in [0, 0.05) is 33.9 Å². The van der Waals surface area contributed by atoms with Gasteiger partial charge in [-0.15, -0.1) is 24.0 Å². The van der Waals surface area contributed by atoms with Crippen LogP contribution in [-0.4, -0.2) is 64.3 Å². The average Bonchev–Trinajstić information content (AvgIpc) is 2.57. The van der Waals surface area contributed by atoms with Crippen molar-refractivity contribution < 1.29 is 4.74 Å². The van der Waals surface area contributed by atoms with Crippen molar-refractivity contribution in [3.63, 3.8) is 0 Å². The number of ether oxygens (including phenoxy) is 1. The summed E-state index contributed by atoms with van der Waals surface area (Å²) >= 11 is 0. The normalized spacial score (nSPS) is 21.3. The first-order valence-electron chi connectivity index (χ1n) is 9.83. The van der Waals surface area contributed by atoms with Crippen LogP contribution in [0.5, 0.6) is 0 Å². The monoisotopic (exact) mass is 466 g/mol. The molecule has 1 saturated heterocycles. The molecule has 1 aliphatic heterocycles. The van der Waals surface area contributed by atoms with Crippen LogP contribution in [0.3, 0.4) is 0 Å². The highest BCUT2D eigenvalue weighted by molar-refractivity contribution is 14.0. The summed E-state index contributed by atoms with van der Waals surface area (Å²) in [5, 5.41) is 7.01. The molecule has 0 atom stereocenters. The standard InChI is InChI=1S/C19H38N4O.HI/c1-17-6-13-23(14-7-17)12-5-11-21-18(20-2)22-16-19(8-4-9-19)10-15-24-3;/h17H,4-16H2,1-3H3,(H2,20,21,22);1H. The molecular weight excluding hydrogens is 427 g/mol. The van der Waals surface area contributed by atoms with Gasteiger partial charge < -0.3 is 20.3 Å². The maximum Gasteiger partial charge on any atom is 0.190 e. The van der Waals surface area contributed by atoms with Gasteiger partial charge in [0.1, 0.15) is 0 Å². The van der Waals surface area contributed by atoms with E-state index in [1.165, 1.54) is 58.2 Å². The number of hydrogen-bond acceptors (Lipinski definition) is 3. The zero-order valence-electron chi connectivity index (χ0n) is 16.5. The molecule has 2 N–H and O–H groups in total. The Morgan fingerprint density at radius 2 is 1.96 bits per heavy atom. The van der Waals surface area contributed by atoms with Crippen molar-refractivity contribution >= 4 is 29.9 Å². The summed E-state index contributed by atoms with van der Waals surface area (Å²) in [7, 11) is 3.66. The third-order valence-corrected chi connectivity index (χ3v) is 5.92. The van der Waals surface area contributed by atoms with Crippen LogP contribution in [0.2, 0.25) is 0 Å². The van der Waals surface area contributed by atoms with Crippen molar-refractivity contribution in [1.82, 2.24) is 15.5 Å². The van der Waals surface area contributed by atoms with Gasteiger partial charge in [-0.25, -0.2) is 0 Å². The van der Waals surface area contributed by atoms with E-state index >= 15 is 0 Å². The number of hydrogen-bond donors (Lipinski definition) is 2. The third kappa shape index (κ3) is 7.99. The van der Waals surface area contributed by atoms with E-state index in [1.807, 2.05) is 7.05 Å². The summed E-state index contributed by atoms with van der Waals surface area (Å²) in [5.74, 6) is 1.87. The number of likely N-dealkylation sites (tertiary alicyclic amines) is 1. The predicted molar refractivity (Wildman–Crippen MR) is 117 cm³/mol. The summed E-state index contributed by atoms with van der Waals surface area (Å²) in [4.78, 5) is 6.98. The Kier molecular flexibility index (Phi) is 11.3. The number of nitrogens with zero attached hydrogens (tertiary/aromatic N) is 2. The lowest BCUT2D eigenvalue weighted by atomic mass is 9.67. The number of halogens is 1. The number of guanidine groups is 1. The Balaban J connectivity index is 0.00000312. The molecule has 0 radical (unpaired) electrons. The van der Waals surface area contributed by atoms with Crippen LogP contribution >= 0.6 is 24.0 Å². The molecule has 0 amide bonds. The first-order valence-corrected chi connectivity index (χ1v) is 9.83. The van der Waals surface area contributed by atoms with E-state index in [0.29, 0.717) is 5.41 Å². The van der Waals surface area contributed by atoms with Gasteiger partial charge >= 0.3 is 0 Å². The number of methoxy groups -OCH3 is 1. The second-order valence-corrected chi connectivity index (χ2v) is 7.83. The van der Waals surface area contributed by atoms with E-state index in [0.717, 1.165) is 38.0 Å². The lowest BCUT2D eigenvalue weighted by Gasteiger charge is -2.42. The zero-order chi connectivity index (χ0) is 17.3. The minimum atomic E-state index is 0. The molecule has 0 aromatic rings. The highest BCUT2D eigenvalue weighted by atomic mass is 127. The minimum Gasteiger partial charge on any atom is -0.385 e. The van der Waals surface area contributed by atoms with E-state index in [1.54, 1.807) is 7.11 Å². The van der Waals surface area contributed by atoms with E-state index in [2.05, 4.69) is 27.4 Å². The highest BCUT2D eigenvalue weighted by Gasteiger charge is 2.36. The average molecular weight is 466 g/mol. The minimum absolute atomic E-state index is 0. The van der Waals surface area contributed by atoms with E-state index in [4.69, 9.17) is 4.74 Å². The van der Waals surface area contributed by atoms with Gasteiger partial charge in [0.05, 0.1) is 0 Å². The van der Waals surface area contributed by atoms with Crippen molar-refractivity contribution in [2.24, 2.45) is 16.3 Å². The maximum absolute atomic E-state index is 5.27. The van der Waals surface area contributed by atoms with Gasteiger partial charge in [-0.3, -0.25) is 4.99 Å². The Bertz CT molecular complexity index is 380. The van der Waals surface area contributed by atoms with Gasteiger partial charge in [-0.05, 0) is 69.5 Å². The molecule has 1 heterocycles. The Hall–Kier alpha value is -0.0800. The first-order chi connectivity index (χ1) is 11.7. The highest BCUT2D eigenvalue weighted by Crippen LogP contribution is 2.43. The van der Waals surface area contributed by atoms with Crippen LogP contribution < -0.4 is 10.6 Å². The van der Waals surface area contributed by atoms with E-state index < -0.39 is 0 Å². The fourth-order valence-electron chi connectivity index (χ4n) is 3.80. The van der Waals surface area contributed by atoms with Gasteiger partial charge in [0.15, 0.2) is 5.96 Å². The van der Waals surface area contributed by atoms with Gasteiger partial charge in [0.25, 0.3) is 0 Å². The molecule has 2 fully saturated rings.